The van der Waals surface area contributed by atoms with Gasteiger partial charge >= 0.3 is 0 Å². The number of unbranched alkanes of at least 4 members (excludes halogenated alkanes) is 2. The van der Waals surface area contributed by atoms with E-state index in [1.807, 2.05) is 6.92 Å². The Labute approximate surface area is 109 Å². The predicted molar refractivity (Wildman–Crippen MR) is 70.7 cm³/mol. The van der Waals surface area contributed by atoms with E-state index < -0.39 is 5.54 Å². The molecule has 0 aliphatic carbocycles. The third kappa shape index (κ3) is 2.84. The quantitative estimate of drug-likeness (QED) is 0.590. The Morgan fingerprint density at radius 1 is 1.44 bits per heavy atom. The molecule has 1 rings (SSSR count). The van der Waals surface area contributed by atoms with Crippen molar-refractivity contribution >= 4 is 11.8 Å². The molecule has 0 spiro atoms. The van der Waals surface area contributed by atoms with Crippen molar-refractivity contribution in [2.45, 2.75) is 58.0 Å². The van der Waals surface area contributed by atoms with E-state index in [0.717, 1.165) is 12.8 Å². The molecule has 1 heterocycles. The van der Waals surface area contributed by atoms with Crippen LogP contribution in [0.1, 0.15) is 46.5 Å². The summed E-state index contributed by atoms with van der Waals surface area (Å²) in [6.07, 6.45) is 8.24. The van der Waals surface area contributed by atoms with Gasteiger partial charge in [-0.1, -0.05) is 6.92 Å². The van der Waals surface area contributed by atoms with E-state index in [9.17, 15) is 9.59 Å². The van der Waals surface area contributed by atoms with Gasteiger partial charge in [-0.2, -0.15) is 0 Å². The van der Waals surface area contributed by atoms with Gasteiger partial charge in [-0.15, -0.1) is 12.3 Å². The largest absolute Gasteiger partial charge is 0.340 e. The van der Waals surface area contributed by atoms with Gasteiger partial charge in [0, 0.05) is 13.0 Å². The van der Waals surface area contributed by atoms with Crippen LogP contribution in [0, 0.1) is 12.3 Å². The second-order valence-electron chi connectivity index (χ2n) is 5.01. The van der Waals surface area contributed by atoms with Crippen molar-refractivity contribution in [2.24, 2.45) is 0 Å². The van der Waals surface area contributed by atoms with E-state index in [1.165, 1.54) is 0 Å². The molecular weight excluding hydrogens is 228 g/mol. The summed E-state index contributed by atoms with van der Waals surface area (Å²) >= 11 is 0. The highest BCUT2D eigenvalue weighted by molar-refractivity contribution is 5.99. The molecule has 0 aromatic heterocycles. The van der Waals surface area contributed by atoms with E-state index in [1.54, 1.807) is 18.7 Å². The molecule has 1 aliphatic rings. The molecule has 4 nitrogen and oxygen atoms in total. The van der Waals surface area contributed by atoms with Crippen LogP contribution in [0.5, 0.6) is 0 Å². The van der Waals surface area contributed by atoms with Crippen LogP contribution in [0.3, 0.4) is 0 Å². The Kier molecular flexibility index (Phi) is 4.77. The maximum absolute atomic E-state index is 12.4. The van der Waals surface area contributed by atoms with Gasteiger partial charge in [0.2, 0.25) is 11.8 Å². The molecule has 2 amide bonds. The average molecular weight is 250 g/mol. The van der Waals surface area contributed by atoms with Crippen LogP contribution in [-0.2, 0) is 9.59 Å². The first-order chi connectivity index (χ1) is 8.46. The maximum atomic E-state index is 12.4. The standard InChI is InChI=1S/C14H22N2O2/c1-5-7-8-9-10-16-11(3)12(17)15-14(4,6-2)13(16)18/h1,11H,6-10H2,2-4H3,(H,15,17). The van der Waals surface area contributed by atoms with Gasteiger partial charge < -0.3 is 10.2 Å². The zero-order valence-electron chi connectivity index (χ0n) is 11.5. The molecule has 0 aromatic rings. The number of amides is 2. The Morgan fingerprint density at radius 2 is 2.11 bits per heavy atom. The Morgan fingerprint density at radius 3 is 2.67 bits per heavy atom. The molecule has 4 heteroatoms. The van der Waals surface area contributed by atoms with E-state index in [0.29, 0.717) is 19.4 Å². The average Bonchev–Trinajstić information content (AvgIpc) is 2.36. The van der Waals surface area contributed by atoms with Crippen molar-refractivity contribution in [3.05, 3.63) is 0 Å². The lowest BCUT2D eigenvalue weighted by atomic mass is 9.92. The molecule has 1 aliphatic heterocycles. The molecule has 2 atom stereocenters. The van der Waals surface area contributed by atoms with E-state index in [2.05, 4.69) is 11.2 Å². The Hall–Kier alpha value is -1.50. The summed E-state index contributed by atoms with van der Waals surface area (Å²) in [7, 11) is 0. The van der Waals surface area contributed by atoms with Gasteiger partial charge in [0.05, 0.1) is 0 Å². The van der Waals surface area contributed by atoms with Gasteiger partial charge in [0.25, 0.3) is 0 Å². The molecular formula is C14H22N2O2. The zero-order valence-corrected chi connectivity index (χ0v) is 11.5. The van der Waals surface area contributed by atoms with Crippen LogP contribution in [0.25, 0.3) is 0 Å². The fraction of sp³-hybridized carbons (Fsp3) is 0.714. The topological polar surface area (TPSA) is 49.4 Å². The highest BCUT2D eigenvalue weighted by atomic mass is 16.2. The van der Waals surface area contributed by atoms with Gasteiger partial charge in [-0.05, 0) is 33.1 Å². The summed E-state index contributed by atoms with van der Waals surface area (Å²) in [5.41, 5.74) is -0.754. The van der Waals surface area contributed by atoms with Crippen molar-refractivity contribution in [3.8, 4) is 12.3 Å². The number of rotatable bonds is 5. The van der Waals surface area contributed by atoms with Crippen molar-refractivity contribution in [2.75, 3.05) is 6.54 Å². The molecule has 0 aromatic carbocycles. The SMILES string of the molecule is C#CCCCCN1C(=O)C(C)(CC)NC(=O)C1C. The minimum atomic E-state index is -0.754. The fourth-order valence-corrected chi connectivity index (χ4v) is 2.11. The summed E-state index contributed by atoms with van der Waals surface area (Å²) in [4.78, 5) is 25.9. The number of nitrogens with one attached hydrogen (secondary N) is 1. The number of hydrogen-bond donors (Lipinski definition) is 1. The summed E-state index contributed by atoms with van der Waals surface area (Å²) in [6, 6.07) is -0.386. The highest BCUT2D eigenvalue weighted by Gasteiger charge is 2.44. The predicted octanol–water partition coefficient (Wildman–Crippen LogP) is 1.31. The van der Waals surface area contributed by atoms with Gasteiger partial charge in [-0.3, -0.25) is 9.59 Å². The number of nitrogens with zero attached hydrogens (tertiary/aromatic N) is 1. The maximum Gasteiger partial charge on any atom is 0.248 e. The molecule has 0 saturated carbocycles. The first-order valence-corrected chi connectivity index (χ1v) is 6.53. The Balaban J connectivity index is 2.71. The highest BCUT2D eigenvalue weighted by Crippen LogP contribution is 2.21. The molecule has 1 saturated heterocycles. The zero-order chi connectivity index (χ0) is 13.8. The molecule has 1 N–H and O–H groups in total. The molecule has 0 radical (unpaired) electrons. The molecule has 1 fully saturated rings. The molecule has 100 valence electrons. The normalized spacial score (nSPS) is 27.9. The minimum Gasteiger partial charge on any atom is -0.340 e. The van der Waals surface area contributed by atoms with Gasteiger partial charge in [0.15, 0.2) is 0 Å². The summed E-state index contributed by atoms with van der Waals surface area (Å²) in [5, 5.41) is 2.81. The number of hydrogen-bond acceptors (Lipinski definition) is 2. The second-order valence-corrected chi connectivity index (χ2v) is 5.01. The summed E-state index contributed by atoms with van der Waals surface area (Å²) in [5.74, 6) is 2.52. The third-order valence-corrected chi connectivity index (χ3v) is 3.66. The van der Waals surface area contributed by atoms with Crippen molar-refractivity contribution in [1.82, 2.24) is 10.2 Å². The lowest BCUT2D eigenvalue weighted by Crippen LogP contribution is -2.68. The van der Waals surface area contributed by atoms with Crippen molar-refractivity contribution in [1.29, 1.82) is 0 Å². The van der Waals surface area contributed by atoms with E-state index in [-0.39, 0.29) is 17.9 Å². The number of terminal acetylenes is 1. The monoisotopic (exact) mass is 250 g/mol. The molecule has 18 heavy (non-hydrogen) atoms. The Bertz CT molecular complexity index is 372. The third-order valence-electron chi connectivity index (χ3n) is 3.66. The molecule has 2 unspecified atom stereocenters. The lowest BCUT2D eigenvalue weighted by molar-refractivity contribution is -0.153. The number of carbonyl (C=O) groups excluding carboxylic acids is 2. The van der Waals surface area contributed by atoms with Crippen LogP contribution in [0.4, 0.5) is 0 Å². The van der Waals surface area contributed by atoms with Gasteiger partial charge in [0.1, 0.15) is 11.6 Å². The smallest absolute Gasteiger partial charge is 0.248 e. The summed E-state index contributed by atoms with van der Waals surface area (Å²) in [6.45, 7) is 6.06. The first kappa shape index (κ1) is 14.6. The van der Waals surface area contributed by atoms with Crippen LogP contribution >= 0.6 is 0 Å². The fourth-order valence-electron chi connectivity index (χ4n) is 2.11. The second kappa shape index (κ2) is 5.90. The lowest BCUT2D eigenvalue weighted by Gasteiger charge is -2.43. The van der Waals surface area contributed by atoms with Crippen molar-refractivity contribution in [3.63, 3.8) is 0 Å². The van der Waals surface area contributed by atoms with Crippen LogP contribution in [0.15, 0.2) is 0 Å². The number of piperazine rings is 1. The van der Waals surface area contributed by atoms with Crippen LogP contribution < -0.4 is 5.32 Å². The number of carbonyl (C=O) groups is 2. The molecule has 0 bridgehead atoms. The first-order valence-electron chi connectivity index (χ1n) is 6.53. The minimum absolute atomic E-state index is 0.0119. The van der Waals surface area contributed by atoms with Gasteiger partial charge in [-0.25, -0.2) is 0 Å². The van der Waals surface area contributed by atoms with Crippen LogP contribution in [-0.4, -0.2) is 34.8 Å². The van der Waals surface area contributed by atoms with Crippen molar-refractivity contribution < 1.29 is 9.59 Å². The summed E-state index contributed by atoms with van der Waals surface area (Å²) < 4.78 is 0. The van der Waals surface area contributed by atoms with E-state index in [4.69, 9.17) is 6.42 Å². The van der Waals surface area contributed by atoms with Crippen LogP contribution in [0.2, 0.25) is 0 Å². The van der Waals surface area contributed by atoms with E-state index >= 15 is 0 Å².